The van der Waals surface area contributed by atoms with Crippen molar-refractivity contribution in [1.29, 1.82) is 0 Å². The van der Waals surface area contributed by atoms with Gasteiger partial charge in [0, 0.05) is 23.7 Å². The Hall–Kier alpha value is -2.44. The molecule has 0 saturated carbocycles. The summed E-state index contributed by atoms with van der Waals surface area (Å²) in [6.45, 7) is 5.19. The Morgan fingerprint density at radius 1 is 0.900 bits per heavy atom. The van der Waals surface area contributed by atoms with E-state index < -0.39 is 0 Å². The standard InChI is InChI=1S/C24H34O6/c1-16(14-30-15-18-7-9-20(26-3)10-8-18)11-19(13-25)21-12-22(27-4)24(29-6)17(2)23(21)28-5/h7-10,12,16,19,25H,11,13-15H2,1-6H3/t16-,19?/m0/s1. The van der Waals surface area contributed by atoms with Gasteiger partial charge in [0.15, 0.2) is 11.5 Å². The third-order valence-corrected chi connectivity index (χ3v) is 5.26. The minimum absolute atomic E-state index is 0.00804. The summed E-state index contributed by atoms with van der Waals surface area (Å²) in [6.07, 6.45) is 0.754. The van der Waals surface area contributed by atoms with E-state index >= 15 is 0 Å². The van der Waals surface area contributed by atoms with Crippen LogP contribution in [0.4, 0.5) is 0 Å². The average molecular weight is 419 g/mol. The molecule has 0 spiro atoms. The van der Waals surface area contributed by atoms with Gasteiger partial charge in [0.1, 0.15) is 11.5 Å². The third kappa shape index (κ3) is 5.80. The Bertz CT molecular complexity index is 787. The molecule has 0 bridgehead atoms. The van der Waals surface area contributed by atoms with Crippen LogP contribution in [-0.4, -0.2) is 46.8 Å². The Labute approximate surface area is 179 Å². The number of aliphatic hydroxyl groups excluding tert-OH is 1. The summed E-state index contributed by atoms with van der Waals surface area (Å²) in [5, 5.41) is 10.1. The molecule has 0 aliphatic carbocycles. The first-order valence-electron chi connectivity index (χ1n) is 10.1. The van der Waals surface area contributed by atoms with E-state index in [0.717, 1.165) is 34.6 Å². The summed E-state index contributed by atoms with van der Waals surface area (Å²) in [7, 11) is 6.50. The minimum atomic E-state index is -0.0990. The van der Waals surface area contributed by atoms with Gasteiger partial charge in [-0.15, -0.1) is 0 Å². The highest BCUT2D eigenvalue weighted by molar-refractivity contribution is 5.58. The molecule has 0 amide bonds. The van der Waals surface area contributed by atoms with Crippen molar-refractivity contribution < 1.29 is 28.8 Å². The maximum atomic E-state index is 10.1. The Morgan fingerprint density at radius 3 is 2.10 bits per heavy atom. The number of hydrogen-bond donors (Lipinski definition) is 1. The van der Waals surface area contributed by atoms with Crippen LogP contribution >= 0.6 is 0 Å². The van der Waals surface area contributed by atoms with Gasteiger partial charge in [0.25, 0.3) is 0 Å². The predicted molar refractivity (Wildman–Crippen MR) is 117 cm³/mol. The van der Waals surface area contributed by atoms with Gasteiger partial charge in [-0.05, 0) is 43.0 Å². The molecule has 0 aliphatic rings. The molecule has 0 fully saturated rings. The summed E-state index contributed by atoms with van der Waals surface area (Å²) in [6, 6.07) is 9.75. The first-order valence-corrected chi connectivity index (χ1v) is 10.1. The normalized spacial score (nSPS) is 12.9. The van der Waals surface area contributed by atoms with Crippen LogP contribution in [0.25, 0.3) is 0 Å². The SMILES string of the molecule is COc1ccc(COC[C@@H](C)CC(CO)c2cc(OC)c(OC)c(C)c2OC)cc1. The maximum absolute atomic E-state index is 10.1. The molecule has 6 heteroatoms. The molecule has 0 radical (unpaired) electrons. The second-order valence-corrected chi connectivity index (χ2v) is 7.44. The van der Waals surface area contributed by atoms with E-state index in [0.29, 0.717) is 24.7 Å². The number of benzene rings is 2. The van der Waals surface area contributed by atoms with E-state index in [-0.39, 0.29) is 18.4 Å². The van der Waals surface area contributed by atoms with Crippen molar-refractivity contribution in [3.05, 3.63) is 47.0 Å². The summed E-state index contributed by atoms with van der Waals surface area (Å²) in [4.78, 5) is 0. The molecule has 166 valence electrons. The highest BCUT2D eigenvalue weighted by atomic mass is 16.5. The maximum Gasteiger partial charge on any atom is 0.167 e. The smallest absolute Gasteiger partial charge is 0.167 e. The molecule has 1 unspecified atom stereocenters. The second-order valence-electron chi connectivity index (χ2n) is 7.44. The Kier molecular flexibility index (Phi) is 9.27. The number of aliphatic hydroxyl groups is 1. The van der Waals surface area contributed by atoms with Crippen molar-refractivity contribution in [2.24, 2.45) is 5.92 Å². The van der Waals surface area contributed by atoms with Crippen molar-refractivity contribution in [3.63, 3.8) is 0 Å². The van der Waals surface area contributed by atoms with Gasteiger partial charge in [-0.3, -0.25) is 0 Å². The molecule has 2 rings (SSSR count). The fourth-order valence-electron chi connectivity index (χ4n) is 3.71. The summed E-state index contributed by atoms with van der Waals surface area (Å²) < 4.78 is 27.7. The second kappa shape index (κ2) is 11.7. The molecule has 2 aromatic carbocycles. The van der Waals surface area contributed by atoms with Crippen LogP contribution in [0.1, 0.15) is 36.0 Å². The molecular formula is C24H34O6. The fraction of sp³-hybridized carbons (Fsp3) is 0.500. The van der Waals surface area contributed by atoms with Crippen molar-refractivity contribution in [1.82, 2.24) is 0 Å². The van der Waals surface area contributed by atoms with Gasteiger partial charge in [0.2, 0.25) is 0 Å². The van der Waals surface area contributed by atoms with Crippen molar-refractivity contribution in [2.45, 2.75) is 32.8 Å². The topological polar surface area (TPSA) is 66.4 Å². The molecule has 2 atom stereocenters. The molecule has 0 saturated heterocycles. The van der Waals surface area contributed by atoms with Crippen LogP contribution in [0.2, 0.25) is 0 Å². The van der Waals surface area contributed by atoms with Crippen LogP contribution in [-0.2, 0) is 11.3 Å². The molecule has 0 aliphatic heterocycles. The van der Waals surface area contributed by atoms with Gasteiger partial charge in [-0.1, -0.05) is 19.1 Å². The lowest BCUT2D eigenvalue weighted by Gasteiger charge is -2.24. The van der Waals surface area contributed by atoms with Crippen LogP contribution < -0.4 is 18.9 Å². The highest BCUT2D eigenvalue weighted by Crippen LogP contribution is 2.43. The number of hydrogen-bond acceptors (Lipinski definition) is 6. The zero-order valence-electron chi connectivity index (χ0n) is 18.9. The van der Waals surface area contributed by atoms with Crippen LogP contribution in [0.5, 0.6) is 23.0 Å². The molecule has 30 heavy (non-hydrogen) atoms. The van der Waals surface area contributed by atoms with E-state index in [1.807, 2.05) is 37.3 Å². The van der Waals surface area contributed by atoms with E-state index in [4.69, 9.17) is 23.7 Å². The lowest BCUT2D eigenvalue weighted by molar-refractivity contribution is 0.0840. The van der Waals surface area contributed by atoms with Gasteiger partial charge in [-0.2, -0.15) is 0 Å². The van der Waals surface area contributed by atoms with Crippen LogP contribution in [0.15, 0.2) is 30.3 Å². The number of methoxy groups -OCH3 is 4. The largest absolute Gasteiger partial charge is 0.497 e. The van der Waals surface area contributed by atoms with E-state index in [2.05, 4.69) is 6.92 Å². The van der Waals surface area contributed by atoms with Crippen LogP contribution in [0, 0.1) is 12.8 Å². The Balaban J connectivity index is 2.05. The molecule has 1 N–H and O–H groups in total. The zero-order valence-corrected chi connectivity index (χ0v) is 18.9. The summed E-state index contributed by atoms with van der Waals surface area (Å²) in [5.74, 6) is 2.98. The quantitative estimate of drug-likeness (QED) is 0.553. The zero-order chi connectivity index (χ0) is 22.1. The highest BCUT2D eigenvalue weighted by Gasteiger charge is 2.24. The first-order chi connectivity index (χ1) is 14.5. The number of rotatable bonds is 12. The van der Waals surface area contributed by atoms with Gasteiger partial charge in [-0.25, -0.2) is 0 Å². The predicted octanol–water partition coefficient (Wildman–Crippen LogP) is 4.35. The Morgan fingerprint density at radius 2 is 1.57 bits per heavy atom. The molecule has 2 aromatic rings. The van der Waals surface area contributed by atoms with Gasteiger partial charge < -0.3 is 28.8 Å². The molecule has 0 aromatic heterocycles. The van der Waals surface area contributed by atoms with Crippen LogP contribution in [0.3, 0.4) is 0 Å². The number of ether oxygens (including phenoxy) is 5. The third-order valence-electron chi connectivity index (χ3n) is 5.26. The average Bonchev–Trinajstić information content (AvgIpc) is 2.77. The summed E-state index contributed by atoms with van der Waals surface area (Å²) in [5.41, 5.74) is 2.87. The van der Waals surface area contributed by atoms with Crippen molar-refractivity contribution >= 4 is 0 Å². The van der Waals surface area contributed by atoms with Gasteiger partial charge in [0.05, 0.1) is 41.7 Å². The molecular weight excluding hydrogens is 384 g/mol. The lowest BCUT2D eigenvalue weighted by Crippen LogP contribution is -2.15. The summed E-state index contributed by atoms with van der Waals surface area (Å²) >= 11 is 0. The molecule has 6 nitrogen and oxygen atoms in total. The minimum Gasteiger partial charge on any atom is -0.497 e. The monoisotopic (exact) mass is 418 g/mol. The fourth-order valence-corrected chi connectivity index (χ4v) is 3.71. The van der Waals surface area contributed by atoms with E-state index in [9.17, 15) is 5.11 Å². The van der Waals surface area contributed by atoms with Gasteiger partial charge >= 0.3 is 0 Å². The van der Waals surface area contributed by atoms with E-state index in [1.54, 1.807) is 28.4 Å². The lowest BCUT2D eigenvalue weighted by atomic mass is 9.88. The first kappa shape index (κ1) is 23.8. The van der Waals surface area contributed by atoms with E-state index in [1.165, 1.54) is 0 Å². The molecule has 0 heterocycles. The van der Waals surface area contributed by atoms with Crippen molar-refractivity contribution in [3.8, 4) is 23.0 Å². The van der Waals surface area contributed by atoms with Crippen molar-refractivity contribution in [2.75, 3.05) is 41.7 Å².